The maximum atomic E-state index is 2.43. The van der Waals surface area contributed by atoms with Crippen molar-refractivity contribution in [3.05, 3.63) is 146 Å². The summed E-state index contributed by atoms with van der Waals surface area (Å²) in [5, 5.41) is 0. The second kappa shape index (κ2) is 10.6. The monoisotopic (exact) mass is 626 g/mol. The number of rotatable bonds is 6. The van der Waals surface area contributed by atoms with Crippen LogP contribution in [0.15, 0.2) is 146 Å². The van der Waals surface area contributed by atoms with Crippen molar-refractivity contribution in [1.82, 2.24) is 0 Å². The molecule has 32 heavy (non-hydrogen) atoms. The number of benzene rings is 5. The average molecular weight is 628 g/mol. The third kappa shape index (κ3) is 4.88. The predicted octanol–water partition coefficient (Wildman–Crippen LogP) is 2.72. The van der Waals surface area contributed by atoms with Crippen LogP contribution in [0.25, 0.3) is 0 Å². The van der Waals surface area contributed by atoms with Crippen LogP contribution in [0.5, 0.6) is 0 Å². The van der Waals surface area contributed by atoms with Crippen LogP contribution in [0.3, 0.4) is 0 Å². The van der Waals surface area contributed by atoms with Crippen LogP contribution in [-0.2, 0) is 0 Å². The molecule has 0 aromatic heterocycles. The Balaban J connectivity index is 1.57. The van der Waals surface area contributed by atoms with Gasteiger partial charge in [0.1, 0.15) is 0 Å². The Kier molecular flexibility index (Phi) is 7.13. The molecule has 154 valence electrons. The van der Waals surface area contributed by atoms with Gasteiger partial charge in [-0.1, -0.05) is 0 Å². The fourth-order valence-electron chi connectivity index (χ4n) is 3.95. The fourth-order valence-corrected chi connectivity index (χ4v) is 17.0. The topological polar surface area (TPSA) is 0 Å². The molecule has 0 N–H and O–H groups in total. The van der Waals surface area contributed by atoms with Crippen molar-refractivity contribution < 1.29 is 0 Å². The molecule has 0 saturated heterocycles. The molecule has 5 aromatic carbocycles. The SMILES string of the molecule is c1cc[c]([Sb]([c]2ccccc2)[c]2cc[c]([Sb]([c]3ccccc3)[c]3ccccc3)cc2)cc1. The third-order valence-electron chi connectivity index (χ3n) is 5.42. The van der Waals surface area contributed by atoms with Crippen LogP contribution in [0.1, 0.15) is 0 Å². The molecule has 0 atom stereocenters. The molecule has 0 nitrogen and oxygen atoms in total. The van der Waals surface area contributed by atoms with E-state index in [1.165, 1.54) is 21.1 Å². The molecule has 0 fully saturated rings. The molecule has 5 aromatic rings. The minimum atomic E-state index is -2.04. The summed E-state index contributed by atoms with van der Waals surface area (Å²) in [6, 6.07) is 54.2. The first-order valence-corrected chi connectivity index (χ1v) is 18.5. The van der Waals surface area contributed by atoms with E-state index in [1.54, 1.807) is 0 Å². The second-order valence-electron chi connectivity index (χ2n) is 7.53. The van der Waals surface area contributed by atoms with Crippen molar-refractivity contribution in [1.29, 1.82) is 0 Å². The molecule has 0 amide bonds. The molecule has 0 bridgehead atoms. The van der Waals surface area contributed by atoms with Crippen molar-refractivity contribution in [2.24, 2.45) is 0 Å². The van der Waals surface area contributed by atoms with Crippen LogP contribution in [0, 0.1) is 0 Å². The van der Waals surface area contributed by atoms with E-state index in [9.17, 15) is 0 Å². The zero-order chi connectivity index (χ0) is 21.6. The normalized spacial score (nSPS) is 11.1. The Labute approximate surface area is 205 Å². The van der Waals surface area contributed by atoms with Gasteiger partial charge in [0, 0.05) is 0 Å². The van der Waals surface area contributed by atoms with Gasteiger partial charge < -0.3 is 0 Å². The zero-order valence-corrected chi connectivity index (χ0v) is 22.9. The van der Waals surface area contributed by atoms with E-state index in [1.807, 2.05) is 0 Å². The van der Waals surface area contributed by atoms with E-state index in [0.29, 0.717) is 0 Å². The summed E-state index contributed by atoms with van der Waals surface area (Å²) in [6.07, 6.45) is 0. The summed E-state index contributed by atoms with van der Waals surface area (Å²) in [5.74, 6) is 0. The van der Waals surface area contributed by atoms with Gasteiger partial charge in [0.25, 0.3) is 0 Å². The van der Waals surface area contributed by atoms with Gasteiger partial charge >= 0.3 is 207 Å². The van der Waals surface area contributed by atoms with E-state index in [2.05, 4.69) is 146 Å². The van der Waals surface area contributed by atoms with Gasteiger partial charge in [-0.05, 0) is 0 Å². The first kappa shape index (κ1) is 21.6. The molecule has 5 rings (SSSR count). The number of hydrogen-bond acceptors (Lipinski definition) is 0. The summed E-state index contributed by atoms with van der Waals surface area (Å²) >= 11 is -4.08. The van der Waals surface area contributed by atoms with Crippen molar-refractivity contribution in [2.75, 3.05) is 0 Å². The van der Waals surface area contributed by atoms with Crippen LogP contribution in [-0.4, -0.2) is 40.4 Å². The molecular weight excluding hydrogens is 604 g/mol. The summed E-state index contributed by atoms with van der Waals surface area (Å²) in [6.45, 7) is 0. The summed E-state index contributed by atoms with van der Waals surface area (Å²) in [5.41, 5.74) is 0. The summed E-state index contributed by atoms with van der Waals surface area (Å²) < 4.78 is 9.10. The summed E-state index contributed by atoms with van der Waals surface area (Å²) in [7, 11) is 0. The molecule has 0 saturated carbocycles. The van der Waals surface area contributed by atoms with Gasteiger partial charge in [-0.2, -0.15) is 0 Å². The average Bonchev–Trinajstić information content (AvgIpc) is 2.88. The first-order valence-electron chi connectivity index (χ1n) is 10.8. The van der Waals surface area contributed by atoms with Gasteiger partial charge in [0.05, 0.1) is 0 Å². The Morgan fingerprint density at radius 3 is 0.625 bits per heavy atom. The van der Waals surface area contributed by atoms with Gasteiger partial charge in [-0.15, -0.1) is 0 Å². The molecule has 0 heterocycles. The van der Waals surface area contributed by atoms with Crippen LogP contribution in [0.2, 0.25) is 0 Å². The van der Waals surface area contributed by atoms with Gasteiger partial charge in [0.15, 0.2) is 0 Å². The van der Waals surface area contributed by atoms with Gasteiger partial charge in [0.2, 0.25) is 0 Å². The Morgan fingerprint density at radius 2 is 0.406 bits per heavy atom. The van der Waals surface area contributed by atoms with Crippen molar-refractivity contribution in [3.8, 4) is 0 Å². The number of hydrogen-bond donors (Lipinski definition) is 0. The molecule has 2 heteroatoms. The van der Waals surface area contributed by atoms with Gasteiger partial charge in [-0.25, -0.2) is 0 Å². The van der Waals surface area contributed by atoms with Crippen LogP contribution in [0.4, 0.5) is 0 Å². The van der Waals surface area contributed by atoms with Gasteiger partial charge in [-0.3, -0.25) is 0 Å². The predicted molar refractivity (Wildman–Crippen MR) is 142 cm³/mol. The van der Waals surface area contributed by atoms with Crippen molar-refractivity contribution in [3.63, 3.8) is 0 Å². The van der Waals surface area contributed by atoms with Crippen LogP contribution >= 0.6 is 0 Å². The van der Waals surface area contributed by atoms with Crippen LogP contribution < -0.4 is 21.1 Å². The third-order valence-corrected chi connectivity index (χ3v) is 19.4. The maximum absolute atomic E-state index is 2.43. The van der Waals surface area contributed by atoms with E-state index < -0.39 is 40.4 Å². The Bertz CT molecular complexity index is 1060. The molecule has 0 spiro atoms. The van der Waals surface area contributed by atoms with E-state index in [4.69, 9.17) is 0 Å². The van der Waals surface area contributed by atoms with E-state index in [-0.39, 0.29) is 0 Å². The van der Waals surface area contributed by atoms with Crippen molar-refractivity contribution >= 4 is 61.5 Å². The Morgan fingerprint density at radius 1 is 0.219 bits per heavy atom. The molecule has 0 radical (unpaired) electrons. The first-order chi connectivity index (χ1) is 15.9. The molecule has 0 unspecified atom stereocenters. The standard InChI is InChI=1S/4C6H5.C6H4.2Sb/c5*1-2-4-6-5-3-1;;/h4*1-5H;1-2,5-6H;;. The second-order valence-corrected chi connectivity index (χ2v) is 20.2. The van der Waals surface area contributed by atoms with Crippen molar-refractivity contribution in [2.45, 2.75) is 0 Å². The van der Waals surface area contributed by atoms with E-state index in [0.717, 1.165) is 0 Å². The molecule has 0 aliphatic carbocycles. The molecule has 0 aliphatic heterocycles. The minimum absolute atomic E-state index is 1.51. The summed E-state index contributed by atoms with van der Waals surface area (Å²) in [4.78, 5) is 0. The quantitative estimate of drug-likeness (QED) is 0.254. The van der Waals surface area contributed by atoms with E-state index >= 15 is 0 Å². The molecule has 0 aliphatic rings. The zero-order valence-electron chi connectivity index (χ0n) is 17.8. The Hall–Kier alpha value is -2.26. The fraction of sp³-hybridized carbons (Fsp3) is 0. The molecular formula is C30H24Sb2.